The van der Waals surface area contributed by atoms with Crippen molar-refractivity contribution in [1.29, 1.82) is 0 Å². The molecular formula is C23H24N6O3. The first-order valence-electron chi connectivity index (χ1n) is 10.1. The zero-order valence-corrected chi connectivity index (χ0v) is 18.1. The maximum Gasteiger partial charge on any atom is 0.293 e. The van der Waals surface area contributed by atoms with E-state index in [9.17, 15) is 4.79 Å². The van der Waals surface area contributed by atoms with Gasteiger partial charge in [-0.15, -0.1) is 0 Å². The molecule has 0 bridgehead atoms. The molecule has 0 aliphatic rings. The number of hydrogen-bond donors (Lipinski definition) is 3. The molecule has 4 rings (SSSR count). The summed E-state index contributed by atoms with van der Waals surface area (Å²) in [7, 11) is 1.64. The van der Waals surface area contributed by atoms with Crippen LogP contribution in [-0.2, 0) is 6.42 Å². The molecule has 0 aliphatic carbocycles. The Morgan fingerprint density at radius 3 is 2.72 bits per heavy atom. The standard InChI is InChI=1S/C23H24N6O3/c1-14-11-15(2)27-23(26-14)29-22(28-21(30)20-5-4-10-32-20)24-9-8-16-13-25-19-12-17(31-3)6-7-18(16)19/h4-7,10-13,25H,8-9H2,1-3H3,(H2,24,26,27,28,29,30). The molecule has 0 fully saturated rings. The summed E-state index contributed by atoms with van der Waals surface area (Å²) in [5, 5.41) is 6.86. The van der Waals surface area contributed by atoms with Crippen LogP contribution in [0.15, 0.2) is 58.3 Å². The Hall–Kier alpha value is -4.14. The van der Waals surface area contributed by atoms with Gasteiger partial charge in [0.1, 0.15) is 5.75 Å². The summed E-state index contributed by atoms with van der Waals surface area (Å²) in [4.78, 5) is 29.0. The van der Waals surface area contributed by atoms with Crippen molar-refractivity contribution in [3.63, 3.8) is 0 Å². The van der Waals surface area contributed by atoms with Crippen molar-refractivity contribution < 1.29 is 13.9 Å². The van der Waals surface area contributed by atoms with E-state index in [0.717, 1.165) is 33.6 Å². The van der Waals surface area contributed by atoms with E-state index in [2.05, 4.69) is 30.6 Å². The van der Waals surface area contributed by atoms with Crippen LogP contribution in [0.25, 0.3) is 10.9 Å². The van der Waals surface area contributed by atoms with Gasteiger partial charge in [-0.05, 0) is 56.2 Å². The lowest BCUT2D eigenvalue weighted by molar-refractivity contribution is 0.0950. The predicted octanol–water partition coefficient (Wildman–Crippen LogP) is 3.62. The predicted molar refractivity (Wildman–Crippen MR) is 122 cm³/mol. The van der Waals surface area contributed by atoms with Gasteiger partial charge in [0.2, 0.25) is 11.9 Å². The Balaban J connectivity index is 1.52. The highest BCUT2D eigenvalue weighted by atomic mass is 16.5. The van der Waals surface area contributed by atoms with Crippen LogP contribution in [0.2, 0.25) is 0 Å². The van der Waals surface area contributed by atoms with Crippen molar-refractivity contribution in [1.82, 2.24) is 20.3 Å². The van der Waals surface area contributed by atoms with Gasteiger partial charge in [0, 0.05) is 41.1 Å². The zero-order valence-electron chi connectivity index (χ0n) is 18.1. The summed E-state index contributed by atoms with van der Waals surface area (Å²) >= 11 is 0. The monoisotopic (exact) mass is 432 g/mol. The molecule has 0 aliphatic heterocycles. The van der Waals surface area contributed by atoms with Gasteiger partial charge in [-0.25, -0.2) is 9.97 Å². The Morgan fingerprint density at radius 1 is 1.19 bits per heavy atom. The summed E-state index contributed by atoms with van der Waals surface area (Å²) in [5.41, 5.74) is 3.74. The number of guanidine groups is 1. The number of methoxy groups -OCH3 is 1. The van der Waals surface area contributed by atoms with Gasteiger partial charge in [0.05, 0.1) is 13.4 Å². The number of nitrogens with one attached hydrogen (secondary N) is 3. The van der Waals surface area contributed by atoms with Gasteiger partial charge in [0.15, 0.2) is 5.76 Å². The molecule has 3 aromatic heterocycles. The number of carbonyl (C=O) groups is 1. The van der Waals surface area contributed by atoms with Crippen molar-refractivity contribution in [3.05, 3.63) is 71.6 Å². The molecule has 9 nitrogen and oxygen atoms in total. The minimum absolute atomic E-state index is 0.186. The third-order valence-corrected chi connectivity index (χ3v) is 4.82. The highest BCUT2D eigenvalue weighted by Gasteiger charge is 2.13. The smallest absolute Gasteiger partial charge is 0.293 e. The molecule has 3 N–H and O–H groups in total. The average molecular weight is 432 g/mol. The lowest BCUT2D eigenvalue weighted by atomic mass is 10.1. The van der Waals surface area contributed by atoms with E-state index in [-0.39, 0.29) is 11.7 Å². The molecule has 0 spiro atoms. The van der Waals surface area contributed by atoms with E-state index in [1.807, 2.05) is 44.3 Å². The quantitative estimate of drug-likeness (QED) is 0.316. The topological polar surface area (TPSA) is 117 Å². The SMILES string of the molecule is COc1ccc2c(CCN=C(NC(=O)c3ccco3)Nc3nc(C)cc(C)n3)c[nH]c2c1. The van der Waals surface area contributed by atoms with Crippen LogP contribution in [0.5, 0.6) is 5.75 Å². The fourth-order valence-electron chi connectivity index (χ4n) is 3.36. The van der Waals surface area contributed by atoms with E-state index in [4.69, 9.17) is 9.15 Å². The van der Waals surface area contributed by atoms with Gasteiger partial charge in [-0.2, -0.15) is 0 Å². The van der Waals surface area contributed by atoms with Crippen LogP contribution >= 0.6 is 0 Å². The maximum atomic E-state index is 12.5. The largest absolute Gasteiger partial charge is 0.497 e. The number of anilines is 1. The van der Waals surface area contributed by atoms with Crippen LogP contribution < -0.4 is 15.4 Å². The van der Waals surface area contributed by atoms with Crippen LogP contribution in [0.1, 0.15) is 27.5 Å². The highest BCUT2D eigenvalue weighted by molar-refractivity contribution is 6.08. The molecule has 164 valence electrons. The Kier molecular flexibility index (Phi) is 6.16. The van der Waals surface area contributed by atoms with E-state index in [1.54, 1.807) is 19.2 Å². The first kappa shape index (κ1) is 21.1. The number of amides is 1. The summed E-state index contributed by atoms with van der Waals surface area (Å²) in [5.74, 6) is 1.18. The lowest BCUT2D eigenvalue weighted by Crippen LogP contribution is -2.36. The minimum Gasteiger partial charge on any atom is -0.497 e. The van der Waals surface area contributed by atoms with Crippen LogP contribution in [-0.4, -0.2) is 40.5 Å². The molecule has 3 heterocycles. The number of H-pyrrole nitrogens is 1. The third kappa shape index (κ3) is 4.94. The average Bonchev–Trinajstić information content (AvgIpc) is 3.43. The molecular weight excluding hydrogens is 408 g/mol. The molecule has 1 aromatic carbocycles. The number of rotatable bonds is 6. The second-order valence-electron chi connectivity index (χ2n) is 7.24. The van der Waals surface area contributed by atoms with E-state index < -0.39 is 5.91 Å². The van der Waals surface area contributed by atoms with E-state index >= 15 is 0 Å². The molecule has 1 amide bonds. The van der Waals surface area contributed by atoms with Gasteiger partial charge in [0.25, 0.3) is 5.91 Å². The van der Waals surface area contributed by atoms with Gasteiger partial charge >= 0.3 is 0 Å². The third-order valence-electron chi connectivity index (χ3n) is 4.82. The highest BCUT2D eigenvalue weighted by Crippen LogP contribution is 2.23. The first-order valence-corrected chi connectivity index (χ1v) is 10.1. The van der Waals surface area contributed by atoms with Gasteiger partial charge in [-0.3, -0.25) is 20.4 Å². The normalized spacial score (nSPS) is 11.5. The van der Waals surface area contributed by atoms with Crippen LogP contribution in [0, 0.1) is 13.8 Å². The maximum absolute atomic E-state index is 12.5. The number of ether oxygens (including phenoxy) is 1. The molecule has 0 atom stereocenters. The molecule has 0 unspecified atom stereocenters. The minimum atomic E-state index is -0.412. The number of aryl methyl sites for hydroxylation is 2. The Morgan fingerprint density at radius 2 is 2.00 bits per heavy atom. The van der Waals surface area contributed by atoms with Gasteiger partial charge in [-0.1, -0.05) is 0 Å². The van der Waals surface area contributed by atoms with Crippen LogP contribution in [0.4, 0.5) is 5.95 Å². The fourth-order valence-corrected chi connectivity index (χ4v) is 3.36. The summed E-state index contributed by atoms with van der Waals surface area (Å²) in [6.45, 7) is 4.19. The Labute approximate surface area is 184 Å². The number of aromatic amines is 1. The van der Waals surface area contributed by atoms with Crippen molar-refractivity contribution in [2.24, 2.45) is 4.99 Å². The zero-order chi connectivity index (χ0) is 22.5. The number of carbonyl (C=O) groups excluding carboxylic acids is 1. The van der Waals surface area contributed by atoms with Crippen molar-refractivity contribution in [3.8, 4) is 5.75 Å². The number of furan rings is 1. The molecule has 0 saturated heterocycles. The molecule has 0 saturated carbocycles. The molecule has 0 radical (unpaired) electrons. The second-order valence-corrected chi connectivity index (χ2v) is 7.24. The van der Waals surface area contributed by atoms with Crippen molar-refractivity contribution >= 4 is 28.7 Å². The van der Waals surface area contributed by atoms with Gasteiger partial charge < -0.3 is 14.1 Å². The molecule has 4 aromatic rings. The number of aliphatic imine (C=N–C) groups is 1. The van der Waals surface area contributed by atoms with Crippen molar-refractivity contribution in [2.75, 3.05) is 19.0 Å². The summed E-state index contributed by atoms with van der Waals surface area (Å²) in [6, 6.07) is 11.0. The summed E-state index contributed by atoms with van der Waals surface area (Å²) in [6.07, 6.45) is 4.07. The van der Waals surface area contributed by atoms with Crippen molar-refractivity contribution in [2.45, 2.75) is 20.3 Å². The first-order chi connectivity index (χ1) is 15.5. The number of aromatic nitrogens is 3. The van der Waals surface area contributed by atoms with E-state index in [0.29, 0.717) is 18.9 Å². The van der Waals surface area contributed by atoms with E-state index in [1.165, 1.54) is 6.26 Å². The Bertz CT molecular complexity index is 1240. The lowest BCUT2D eigenvalue weighted by Gasteiger charge is -2.11. The molecule has 9 heteroatoms. The fraction of sp³-hybridized carbons (Fsp3) is 0.217. The number of benzene rings is 1. The molecule has 32 heavy (non-hydrogen) atoms. The number of nitrogens with zero attached hydrogens (tertiary/aromatic N) is 3. The second kappa shape index (κ2) is 9.34. The summed E-state index contributed by atoms with van der Waals surface area (Å²) < 4.78 is 10.4. The van der Waals surface area contributed by atoms with Crippen LogP contribution in [0.3, 0.4) is 0 Å². The number of hydrogen-bond acceptors (Lipinski definition) is 6. The number of fused-ring (bicyclic) bond motifs is 1.